The summed E-state index contributed by atoms with van der Waals surface area (Å²) in [5.41, 5.74) is 16.2. The number of aliphatic imine (C=N–C) groups is 1. The normalized spacial score (nSPS) is 15.0. The molecule has 0 radical (unpaired) electrons. The molecular formula is C21H41N8O11P. The second-order valence-corrected chi connectivity index (χ2v) is 10.5. The number of phosphoric acid groups is 1. The Balaban J connectivity index is 5.56. The van der Waals surface area contributed by atoms with Crippen LogP contribution in [0.15, 0.2) is 4.99 Å². The fraction of sp³-hybridized carbons (Fsp3) is 0.714. The van der Waals surface area contributed by atoms with E-state index in [-0.39, 0.29) is 37.6 Å². The quantitative estimate of drug-likeness (QED) is 0.0201. The summed E-state index contributed by atoms with van der Waals surface area (Å²) in [4.78, 5) is 83.5. The molecule has 5 atom stereocenters. The zero-order valence-corrected chi connectivity index (χ0v) is 23.7. The van der Waals surface area contributed by atoms with Crippen molar-refractivity contribution in [3.8, 4) is 0 Å². The summed E-state index contributed by atoms with van der Waals surface area (Å²) in [5.74, 6) is -4.19. The van der Waals surface area contributed by atoms with Gasteiger partial charge in [0.15, 0.2) is 5.96 Å². The van der Waals surface area contributed by atoms with E-state index in [9.17, 15) is 33.6 Å². The van der Waals surface area contributed by atoms with Crippen LogP contribution in [0.4, 0.5) is 0 Å². The lowest BCUT2D eigenvalue weighted by molar-refractivity contribution is -0.135. The first-order chi connectivity index (χ1) is 19.0. The molecule has 0 fully saturated rings. The van der Waals surface area contributed by atoms with Gasteiger partial charge in [0.05, 0.1) is 25.9 Å². The maximum absolute atomic E-state index is 13.0. The number of carbonyl (C=O) groups excluding carboxylic acids is 5. The smallest absolute Gasteiger partial charge is 0.394 e. The molecule has 0 spiro atoms. The van der Waals surface area contributed by atoms with E-state index < -0.39 is 81.5 Å². The molecule has 0 saturated carbocycles. The molecule has 19 nitrogen and oxygen atoms in total. The number of phosphoric ester groups is 1. The fourth-order valence-corrected chi connectivity index (χ4v) is 3.47. The first kappa shape index (κ1) is 37.8. The Labute approximate surface area is 236 Å². The minimum absolute atomic E-state index is 0.00470. The van der Waals surface area contributed by atoms with Crippen LogP contribution in [0.2, 0.25) is 0 Å². The first-order valence-corrected chi connectivity index (χ1v) is 14.0. The van der Waals surface area contributed by atoms with Crippen molar-refractivity contribution in [3.05, 3.63) is 0 Å². The number of carbonyl (C=O) groups is 5. The lowest BCUT2D eigenvalue weighted by atomic mass is 10.0. The molecule has 4 amide bonds. The topological polar surface area (TPSA) is 331 Å². The molecule has 0 heterocycles. The molecule has 0 aromatic rings. The van der Waals surface area contributed by atoms with Crippen LogP contribution >= 0.6 is 7.82 Å². The van der Waals surface area contributed by atoms with Crippen molar-refractivity contribution in [3.63, 3.8) is 0 Å². The van der Waals surface area contributed by atoms with E-state index >= 15 is 0 Å². The number of nitrogens with zero attached hydrogens (tertiary/aromatic N) is 1. The number of amides is 4. The Kier molecular flexibility index (Phi) is 17.5. The van der Waals surface area contributed by atoms with Gasteiger partial charge >= 0.3 is 7.82 Å². The molecule has 0 aliphatic heterocycles. The molecule has 20 heteroatoms. The van der Waals surface area contributed by atoms with Crippen molar-refractivity contribution in [2.24, 2.45) is 28.1 Å². The van der Waals surface area contributed by atoms with Crippen LogP contribution in [0.25, 0.3) is 0 Å². The highest BCUT2D eigenvalue weighted by molar-refractivity contribution is 7.46. The summed E-state index contributed by atoms with van der Waals surface area (Å²) < 4.78 is 15.5. The van der Waals surface area contributed by atoms with E-state index in [4.69, 9.17) is 32.1 Å². The SMILES string of the molecule is CC(C)C[C@H](NC(=O)[C@H](CO)NC(=O)[C@@H](N)CCCN=C(N)N)C(=O)N[C@@H](COP(=O)(O)O)C(=O)N[C@H](C=O)CO. The van der Waals surface area contributed by atoms with Gasteiger partial charge in [-0.25, -0.2) is 4.57 Å². The average Bonchev–Trinajstić information content (AvgIpc) is 2.88. The summed E-state index contributed by atoms with van der Waals surface area (Å²) >= 11 is 0. The maximum Gasteiger partial charge on any atom is 0.469 e. The molecule has 0 aromatic heterocycles. The van der Waals surface area contributed by atoms with E-state index in [1.54, 1.807) is 13.8 Å². The Bertz CT molecular complexity index is 958. The second kappa shape index (κ2) is 19.0. The van der Waals surface area contributed by atoms with Gasteiger partial charge in [-0.15, -0.1) is 0 Å². The molecule has 14 N–H and O–H groups in total. The predicted octanol–water partition coefficient (Wildman–Crippen LogP) is -5.35. The molecule has 0 rings (SSSR count). The van der Waals surface area contributed by atoms with Crippen LogP contribution < -0.4 is 38.5 Å². The van der Waals surface area contributed by atoms with Crippen LogP contribution in [0.5, 0.6) is 0 Å². The van der Waals surface area contributed by atoms with E-state index in [2.05, 4.69) is 30.8 Å². The number of hydrogen-bond acceptors (Lipinski definition) is 11. The molecule has 0 aromatic carbocycles. The summed E-state index contributed by atoms with van der Waals surface area (Å²) in [6.45, 7) is 0.941. The molecule has 236 valence electrons. The highest BCUT2D eigenvalue weighted by atomic mass is 31.2. The second-order valence-electron chi connectivity index (χ2n) is 9.27. The molecule has 41 heavy (non-hydrogen) atoms. The van der Waals surface area contributed by atoms with Crippen LogP contribution in [-0.2, 0) is 33.1 Å². The maximum atomic E-state index is 13.0. The van der Waals surface area contributed by atoms with Crippen LogP contribution in [0.3, 0.4) is 0 Å². The van der Waals surface area contributed by atoms with Gasteiger partial charge in [0.2, 0.25) is 23.6 Å². The minimum atomic E-state index is -5.09. The van der Waals surface area contributed by atoms with Crippen molar-refractivity contribution < 1.29 is 53.1 Å². The Hall–Kier alpha value is -3.19. The monoisotopic (exact) mass is 612 g/mol. The number of hydrogen-bond donors (Lipinski definition) is 11. The highest BCUT2D eigenvalue weighted by Gasteiger charge is 2.32. The molecule has 0 aliphatic rings. The number of aldehydes is 1. The molecule has 0 saturated heterocycles. The number of nitrogens with two attached hydrogens (primary N) is 3. The van der Waals surface area contributed by atoms with Gasteiger partial charge in [0, 0.05) is 6.54 Å². The van der Waals surface area contributed by atoms with Gasteiger partial charge in [-0.1, -0.05) is 13.8 Å². The third-order valence-electron chi connectivity index (χ3n) is 5.19. The van der Waals surface area contributed by atoms with Gasteiger partial charge < -0.3 is 63.3 Å². The Morgan fingerprint density at radius 3 is 1.93 bits per heavy atom. The van der Waals surface area contributed by atoms with Crippen molar-refractivity contribution in [1.29, 1.82) is 0 Å². The number of aliphatic hydroxyl groups is 2. The third-order valence-corrected chi connectivity index (χ3v) is 5.68. The molecular weight excluding hydrogens is 571 g/mol. The lowest BCUT2D eigenvalue weighted by Crippen LogP contribution is -2.59. The summed E-state index contributed by atoms with van der Waals surface area (Å²) in [7, 11) is -5.09. The van der Waals surface area contributed by atoms with Gasteiger partial charge in [-0.3, -0.25) is 28.7 Å². The van der Waals surface area contributed by atoms with Gasteiger partial charge in [-0.05, 0) is 25.2 Å². The van der Waals surface area contributed by atoms with Crippen molar-refractivity contribution in [2.75, 3.05) is 26.4 Å². The summed E-state index contributed by atoms with van der Waals surface area (Å²) in [6.07, 6.45) is 0.699. The standard InChI is InChI=1S/C21H41N8O11P/c1-11(2)6-14(18(34)29-16(10-40-41(37,38)39)20(36)26-12(7-30)8-31)27-19(35)15(9-32)28-17(33)13(22)4-3-5-25-21(23)24/h7,11-16,31-32H,3-6,8-10,22H2,1-2H3,(H,26,36)(H,27,35)(H,28,33)(H,29,34)(H4,23,24,25)(H2,37,38,39)/t12-,13+,14+,15+,16+/m1/s1. The summed E-state index contributed by atoms with van der Waals surface area (Å²) in [5, 5.41) is 27.7. The zero-order valence-electron chi connectivity index (χ0n) is 22.8. The van der Waals surface area contributed by atoms with Crippen LogP contribution in [0.1, 0.15) is 33.1 Å². The van der Waals surface area contributed by atoms with Crippen molar-refractivity contribution >= 4 is 43.7 Å². The predicted molar refractivity (Wildman–Crippen MR) is 143 cm³/mol. The number of nitrogens with one attached hydrogen (secondary N) is 4. The van der Waals surface area contributed by atoms with Crippen molar-refractivity contribution in [2.45, 2.75) is 63.3 Å². The number of guanidine groups is 1. The van der Waals surface area contributed by atoms with Crippen LogP contribution in [0, 0.1) is 5.92 Å². The minimum Gasteiger partial charge on any atom is -0.394 e. The van der Waals surface area contributed by atoms with Gasteiger partial charge in [-0.2, -0.15) is 0 Å². The zero-order chi connectivity index (χ0) is 31.8. The van der Waals surface area contributed by atoms with Crippen LogP contribution in [-0.4, -0.2) is 112 Å². The van der Waals surface area contributed by atoms with Gasteiger partial charge in [0.25, 0.3) is 0 Å². The lowest BCUT2D eigenvalue weighted by Gasteiger charge is -2.26. The van der Waals surface area contributed by atoms with E-state index in [0.717, 1.165) is 0 Å². The number of rotatable bonds is 20. The third kappa shape index (κ3) is 16.6. The number of aliphatic hydroxyl groups excluding tert-OH is 2. The van der Waals surface area contributed by atoms with E-state index in [0.29, 0.717) is 6.42 Å². The fourth-order valence-electron chi connectivity index (χ4n) is 3.13. The molecule has 0 unspecified atom stereocenters. The van der Waals surface area contributed by atoms with Gasteiger partial charge in [0.1, 0.15) is 30.5 Å². The van der Waals surface area contributed by atoms with E-state index in [1.807, 2.05) is 0 Å². The van der Waals surface area contributed by atoms with E-state index in [1.165, 1.54) is 0 Å². The Morgan fingerprint density at radius 2 is 1.44 bits per heavy atom. The summed E-state index contributed by atoms with van der Waals surface area (Å²) in [6, 6.07) is -7.07. The highest BCUT2D eigenvalue weighted by Crippen LogP contribution is 2.35. The largest absolute Gasteiger partial charge is 0.469 e. The average molecular weight is 613 g/mol. The molecule has 0 bridgehead atoms. The Morgan fingerprint density at radius 1 is 0.902 bits per heavy atom. The van der Waals surface area contributed by atoms with Crippen molar-refractivity contribution in [1.82, 2.24) is 21.3 Å². The molecule has 0 aliphatic carbocycles. The first-order valence-electron chi connectivity index (χ1n) is 12.4.